The van der Waals surface area contributed by atoms with E-state index in [-0.39, 0.29) is 17.6 Å². The highest BCUT2D eigenvalue weighted by Gasteiger charge is 2.43. The molecule has 5 rings (SSSR count). The van der Waals surface area contributed by atoms with Crippen LogP contribution < -0.4 is 10.5 Å². The van der Waals surface area contributed by atoms with Gasteiger partial charge in [0.2, 0.25) is 0 Å². The number of pyridine rings is 1. The van der Waals surface area contributed by atoms with Crippen LogP contribution in [0.3, 0.4) is 0 Å². The van der Waals surface area contributed by atoms with E-state index < -0.39 is 0 Å². The lowest BCUT2D eigenvalue weighted by Crippen LogP contribution is -2.52. The molecule has 2 aromatic heterocycles. The lowest BCUT2D eigenvalue weighted by Gasteiger charge is -2.46. The number of rotatable bonds is 1. The summed E-state index contributed by atoms with van der Waals surface area (Å²) in [5, 5.41) is 4.78. The fourth-order valence-electron chi connectivity index (χ4n) is 4.42. The summed E-state index contributed by atoms with van der Waals surface area (Å²) < 4.78 is 8.02. The minimum absolute atomic E-state index is 0.0365. The number of carbonyl (C=O) groups excluding carboxylic acids is 1. The third kappa shape index (κ3) is 2.75. The number of nitrogens with zero attached hydrogens (tertiary/aromatic N) is 3. The number of likely N-dealkylation sites (tertiary alicyclic amines) is 1. The van der Waals surface area contributed by atoms with E-state index in [0.717, 1.165) is 30.6 Å². The molecule has 3 aromatic rings. The fourth-order valence-corrected chi connectivity index (χ4v) is 4.68. The Labute approximate surface area is 167 Å². The van der Waals surface area contributed by atoms with E-state index in [1.165, 1.54) is 0 Å². The largest absolute Gasteiger partial charge is 0.487 e. The van der Waals surface area contributed by atoms with Crippen molar-refractivity contribution in [3.05, 3.63) is 64.9 Å². The van der Waals surface area contributed by atoms with Crippen molar-refractivity contribution >= 4 is 23.0 Å². The van der Waals surface area contributed by atoms with Crippen LogP contribution in [0.2, 0.25) is 5.02 Å². The van der Waals surface area contributed by atoms with E-state index in [2.05, 4.69) is 5.10 Å². The molecule has 1 unspecified atom stereocenters. The van der Waals surface area contributed by atoms with Gasteiger partial charge in [-0.1, -0.05) is 29.8 Å². The SMILES string of the molecule is NC1CC2(CCN(C(=O)c3cnn4cccc(Cl)c34)CC2)Oc2ccccc21. The minimum atomic E-state index is -0.302. The van der Waals surface area contributed by atoms with Gasteiger partial charge in [-0.2, -0.15) is 5.10 Å². The Hall–Kier alpha value is -2.57. The number of hydrogen-bond donors (Lipinski definition) is 1. The lowest BCUT2D eigenvalue weighted by atomic mass is 9.81. The van der Waals surface area contributed by atoms with Gasteiger partial charge >= 0.3 is 0 Å². The predicted octanol–water partition coefficient (Wildman–Crippen LogP) is 3.45. The summed E-state index contributed by atoms with van der Waals surface area (Å²) in [6.45, 7) is 1.24. The van der Waals surface area contributed by atoms with Gasteiger partial charge in [-0.15, -0.1) is 0 Å². The Kier molecular flexibility index (Phi) is 4.07. The molecule has 6 nitrogen and oxygen atoms in total. The molecule has 0 saturated carbocycles. The van der Waals surface area contributed by atoms with Crippen molar-refractivity contribution in [1.82, 2.24) is 14.5 Å². The summed E-state index contributed by atoms with van der Waals surface area (Å²) in [4.78, 5) is 15.0. The van der Waals surface area contributed by atoms with Crippen molar-refractivity contribution in [2.45, 2.75) is 30.9 Å². The van der Waals surface area contributed by atoms with Crippen LogP contribution in [0.25, 0.3) is 5.52 Å². The van der Waals surface area contributed by atoms with E-state index in [1.807, 2.05) is 35.2 Å². The molecular weight excluding hydrogens is 376 g/mol. The second-order valence-electron chi connectivity index (χ2n) is 7.63. The monoisotopic (exact) mass is 396 g/mol. The summed E-state index contributed by atoms with van der Waals surface area (Å²) in [5.41, 5.74) is 8.36. The molecule has 1 saturated heterocycles. The number of ether oxygens (including phenoxy) is 1. The molecule has 4 heterocycles. The number of amides is 1. The van der Waals surface area contributed by atoms with Gasteiger partial charge < -0.3 is 15.4 Å². The maximum atomic E-state index is 13.1. The quantitative estimate of drug-likeness (QED) is 0.683. The molecule has 7 heteroatoms. The summed E-state index contributed by atoms with van der Waals surface area (Å²) in [7, 11) is 0. The van der Waals surface area contributed by atoms with Gasteiger partial charge in [0.1, 0.15) is 11.4 Å². The van der Waals surface area contributed by atoms with Crippen LogP contribution in [0.15, 0.2) is 48.8 Å². The zero-order valence-corrected chi connectivity index (χ0v) is 16.1. The topological polar surface area (TPSA) is 72.9 Å². The number of hydrogen-bond acceptors (Lipinski definition) is 4. The number of aromatic nitrogens is 2. The van der Waals surface area contributed by atoms with Crippen molar-refractivity contribution in [3.8, 4) is 5.75 Å². The average molecular weight is 397 g/mol. The summed E-state index contributed by atoms with van der Waals surface area (Å²) >= 11 is 6.30. The van der Waals surface area contributed by atoms with Gasteiger partial charge in [0, 0.05) is 50.2 Å². The standard InChI is InChI=1S/C21H21ClN4O2/c22-16-5-3-9-26-19(16)15(13-24-26)20(27)25-10-7-21(8-11-25)12-17(23)14-4-1-2-6-18(14)28-21/h1-6,9,13,17H,7-8,10-12,23H2. The second kappa shape index (κ2) is 6.50. The number of benzene rings is 1. The van der Waals surface area contributed by atoms with Crippen LogP contribution >= 0.6 is 11.6 Å². The van der Waals surface area contributed by atoms with E-state index in [4.69, 9.17) is 22.1 Å². The number of fused-ring (bicyclic) bond motifs is 2. The molecule has 144 valence electrons. The van der Waals surface area contributed by atoms with E-state index >= 15 is 0 Å². The first kappa shape index (κ1) is 17.5. The zero-order valence-electron chi connectivity index (χ0n) is 15.3. The van der Waals surface area contributed by atoms with Gasteiger partial charge in [0.25, 0.3) is 5.91 Å². The average Bonchev–Trinajstić information content (AvgIpc) is 3.14. The Morgan fingerprint density at radius 2 is 2.00 bits per heavy atom. The highest BCUT2D eigenvalue weighted by Crippen LogP contribution is 2.43. The summed E-state index contributed by atoms with van der Waals surface area (Å²) in [6.07, 6.45) is 5.67. The normalized spacial score (nSPS) is 20.8. The molecule has 0 bridgehead atoms. The predicted molar refractivity (Wildman–Crippen MR) is 107 cm³/mol. The molecule has 1 amide bonds. The van der Waals surface area contributed by atoms with Crippen molar-refractivity contribution < 1.29 is 9.53 Å². The molecule has 1 atom stereocenters. The third-order valence-electron chi connectivity index (χ3n) is 5.92. The number of carbonyl (C=O) groups is 1. The molecule has 1 spiro atoms. The van der Waals surface area contributed by atoms with E-state index in [1.54, 1.807) is 23.0 Å². The van der Waals surface area contributed by atoms with Crippen LogP contribution in [0, 0.1) is 0 Å². The maximum Gasteiger partial charge on any atom is 0.257 e. The summed E-state index contributed by atoms with van der Waals surface area (Å²) in [6, 6.07) is 11.5. The summed E-state index contributed by atoms with van der Waals surface area (Å²) in [5.74, 6) is 0.828. The van der Waals surface area contributed by atoms with Gasteiger partial charge in [-0.05, 0) is 18.2 Å². The number of nitrogens with two attached hydrogens (primary N) is 1. The molecular formula is C21H21ClN4O2. The van der Waals surface area contributed by atoms with Crippen LogP contribution in [0.5, 0.6) is 5.75 Å². The zero-order chi connectivity index (χ0) is 19.3. The van der Waals surface area contributed by atoms with Crippen molar-refractivity contribution in [2.24, 2.45) is 5.73 Å². The van der Waals surface area contributed by atoms with E-state index in [9.17, 15) is 4.79 Å². The molecule has 2 aliphatic rings. The van der Waals surface area contributed by atoms with Crippen LogP contribution in [0.4, 0.5) is 0 Å². The minimum Gasteiger partial charge on any atom is -0.487 e. The number of piperidine rings is 1. The third-order valence-corrected chi connectivity index (χ3v) is 6.23. The van der Waals surface area contributed by atoms with Crippen LogP contribution in [-0.4, -0.2) is 39.1 Å². The van der Waals surface area contributed by atoms with Crippen molar-refractivity contribution in [2.75, 3.05) is 13.1 Å². The van der Waals surface area contributed by atoms with Gasteiger partial charge in [0.15, 0.2) is 0 Å². The van der Waals surface area contributed by atoms with Gasteiger partial charge in [0.05, 0.1) is 22.3 Å². The van der Waals surface area contributed by atoms with E-state index in [0.29, 0.717) is 29.2 Å². The Morgan fingerprint density at radius 1 is 1.21 bits per heavy atom. The molecule has 1 fully saturated rings. The Bertz CT molecular complexity index is 1060. The molecule has 2 aliphatic heterocycles. The lowest BCUT2D eigenvalue weighted by molar-refractivity contribution is -0.0174. The first-order valence-corrected chi connectivity index (χ1v) is 9.89. The molecule has 0 radical (unpaired) electrons. The Morgan fingerprint density at radius 3 is 2.82 bits per heavy atom. The highest BCUT2D eigenvalue weighted by molar-refractivity contribution is 6.34. The van der Waals surface area contributed by atoms with Crippen molar-refractivity contribution in [3.63, 3.8) is 0 Å². The Balaban J connectivity index is 1.35. The molecule has 28 heavy (non-hydrogen) atoms. The number of para-hydroxylation sites is 1. The molecule has 0 aliphatic carbocycles. The molecule has 1 aromatic carbocycles. The molecule has 2 N–H and O–H groups in total. The maximum absolute atomic E-state index is 13.1. The first-order chi connectivity index (χ1) is 13.6. The fraction of sp³-hybridized carbons (Fsp3) is 0.333. The van der Waals surface area contributed by atoms with Crippen LogP contribution in [-0.2, 0) is 0 Å². The van der Waals surface area contributed by atoms with Gasteiger partial charge in [-0.3, -0.25) is 4.79 Å². The van der Waals surface area contributed by atoms with Crippen LogP contribution in [0.1, 0.15) is 41.2 Å². The van der Waals surface area contributed by atoms with Gasteiger partial charge in [-0.25, -0.2) is 4.52 Å². The van der Waals surface area contributed by atoms with Crippen molar-refractivity contribution in [1.29, 1.82) is 0 Å². The number of halogens is 1. The highest BCUT2D eigenvalue weighted by atomic mass is 35.5. The smallest absolute Gasteiger partial charge is 0.257 e. The first-order valence-electron chi connectivity index (χ1n) is 9.51. The second-order valence-corrected chi connectivity index (χ2v) is 8.04.